The molecule has 1 aliphatic rings. The number of nitrogens with zero attached hydrogens (tertiary/aromatic N) is 1. The van der Waals surface area contributed by atoms with Crippen molar-refractivity contribution in [2.24, 2.45) is 5.73 Å². The van der Waals surface area contributed by atoms with E-state index in [4.69, 9.17) is 5.73 Å². The van der Waals surface area contributed by atoms with Crippen molar-refractivity contribution in [2.75, 3.05) is 19.6 Å². The first-order valence-corrected chi connectivity index (χ1v) is 9.07. The highest BCUT2D eigenvalue weighted by molar-refractivity contribution is 5.89. The molecule has 3 rings (SSSR count). The lowest BCUT2D eigenvalue weighted by Crippen LogP contribution is -2.56. The predicted molar refractivity (Wildman–Crippen MR) is 103 cm³/mol. The second-order valence-corrected chi connectivity index (χ2v) is 6.73. The molecule has 0 aliphatic carbocycles. The molecule has 2 aromatic rings. The van der Waals surface area contributed by atoms with Gasteiger partial charge in [0.05, 0.1) is 12.5 Å². The molecule has 1 atom stereocenters. The van der Waals surface area contributed by atoms with Gasteiger partial charge in [0.25, 0.3) is 0 Å². The Hall–Kier alpha value is -2.93. The van der Waals surface area contributed by atoms with Crippen LogP contribution in [0, 0.1) is 0 Å². The van der Waals surface area contributed by atoms with E-state index >= 15 is 0 Å². The molecule has 1 saturated heterocycles. The zero-order valence-corrected chi connectivity index (χ0v) is 15.1. The molecule has 0 spiro atoms. The van der Waals surface area contributed by atoms with Crippen molar-refractivity contribution in [3.8, 4) is 0 Å². The summed E-state index contributed by atoms with van der Waals surface area (Å²) in [6.45, 7) is 2.02. The van der Waals surface area contributed by atoms with Crippen LogP contribution in [-0.4, -0.2) is 48.3 Å². The molecule has 0 saturated carbocycles. The van der Waals surface area contributed by atoms with E-state index < -0.39 is 11.9 Å². The number of hydrogen-bond acceptors (Lipinski definition) is 4. The minimum Gasteiger partial charge on any atom is -0.370 e. The Morgan fingerprint density at radius 1 is 1.19 bits per heavy atom. The van der Waals surface area contributed by atoms with Gasteiger partial charge < -0.3 is 16.4 Å². The standard InChI is InChI=1S/C20H24N4O3/c21-18(25)7-8-22-19(26)12-17-20(27)23-9-10-24(17)13-14-5-6-15-3-1-2-4-16(15)11-14/h1-6,11,17H,7-10,12-13H2,(H2,21,25)(H,22,26)(H,23,27). The van der Waals surface area contributed by atoms with Gasteiger partial charge in [0.2, 0.25) is 17.7 Å². The number of primary amides is 1. The summed E-state index contributed by atoms with van der Waals surface area (Å²) < 4.78 is 0. The van der Waals surface area contributed by atoms with E-state index in [0.717, 1.165) is 10.9 Å². The van der Waals surface area contributed by atoms with Crippen LogP contribution in [0.25, 0.3) is 10.8 Å². The van der Waals surface area contributed by atoms with E-state index in [0.29, 0.717) is 19.6 Å². The molecule has 7 heteroatoms. The number of fused-ring (bicyclic) bond motifs is 1. The average Bonchev–Trinajstić information content (AvgIpc) is 2.64. The SMILES string of the molecule is NC(=O)CCNC(=O)CC1C(=O)NCCN1Cc1ccc2ccccc2c1. The number of nitrogens with two attached hydrogens (primary N) is 1. The molecular weight excluding hydrogens is 344 g/mol. The van der Waals surface area contributed by atoms with Crippen LogP contribution in [0.4, 0.5) is 0 Å². The summed E-state index contributed by atoms with van der Waals surface area (Å²) in [4.78, 5) is 37.3. The largest absolute Gasteiger partial charge is 0.370 e. The van der Waals surface area contributed by atoms with E-state index in [2.05, 4.69) is 41.0 Å². The highest BCUT2D eigenvalue weighted by Crippen LogP contribution is 2.19. The van der Waals surface area contributed by atoms with Gasteiger partial charge >= 0.3 is 0 Å². The first kappa shape index (κ1) is 18.8. The van der Waals surface area contributed by atoms with Gasteiger partial charge in [0.1, 0.15) is 0 Å². The molecule has 3 amide bonds. The van der Waals surface area contributed by atoms with Crippen LogP contribution in [0.5, 0.6) is 0 Å². The van der Waals surface area contributed by atoms with Crippen molar-refractivity contribution < 1.29 is 14.4 Å². The maximum atomic E-state index is 12.3. The van der Waals surface area contributed by atoms with Crippen LogP contribution in [0.2, 0.25) is 0 Å². The third-order valence-electron chi connectivity index (χ3n) is 4.71. The summed E-state index contributed by atoms with van der Waals surface area (Å²) in [6, 6.07) is 13.8. The van der Waals surface area contributed by atoms with Crippen molar-refractivity contribution in [1.29, 1.82) is 0 Å². The predicted octanol–water partition coefficient (Wildman–Crippen LogP) is 0.522. The molecule has 27 heavy (non-hydrogen) atoms. The first-order valence-electron chi connectivity index (χ1n) is 9.07. The summed E-state index contributed by atoms with van der Waals surface area (Å²) in [5, 5.41) is 7.79. The highest BCUT2D eigenvalue weighted by atomic mass is 16.2. The van der Waals surface area contributed by atoms with Crippen molar-refractivity contribution in [1.82, 2.24) is 15.5 Å². The monoisotopic (exact) mass is 368 g/mol. The lowest BCUT2D eigenvalue weighted by Gasteiger charge is -2.34. The minimum absolute atomic E-state index is 0.0537. The van der Waals surface area contributed by atoms with Crippen LogP contribution >= 0.6 is 0 Å². The number of carbonyl (C=O) groups excluding carboxylic acids is 3. The van der Waals surface area contributed by atoms with E-state index in [1.54, 1.807) is 0 Å². The van der Waals surface area contributed by atoms with Crippen LogP contribution in [0.1, 0.15) is 18.4 Å². The average molecular weight is 368 g/mol. The molecule has 142 valence electrons. The van der Waals surface area contributed by atoms with Gasteiger partial charge in [-0.05, 0) is 22.4 Å². The number of benzene rings is 2. The normalized spacial score (nSPS) is 17.5. The molecule has 1 aliphatic heterocycles. The Bertz CT molecular complexity index is 852. The summed E-state index contributed by atoms with van der Waals surface area (Å²) >= 11 is 0. The second-order valence-electron chi connectivity index (χ2n) is 6.73. The fourth-order valence-electron chi connectivity index (χ4n) is 3.32. The van der Waals surface area contributed by atoms with E-state index in [1.807, 2.05) is 17.0 Å². The summed E-state index contributed by atoms with van der Waals surface area (Å²) in [5.74, 6) is -0.877. The van der Waals surface area contributed by atoms with Crippen molar-refractivity contribution >= 4 is 28.5 Å². The van der Waals surface area contributed by atoms with Crippen molar-refractivity contribution in [3.05, 3.63) is 48.0 Å². The van der Waals surface area contributed by atoms with Crippen LogP contribution in [0.3, 0.4) is 0 Å². The molecule has 0 aromatic heterocycles. The van der Waals surface area contributed by atoms with Crippen LogP contribution in [-0.2, 0) is 20.9 Å². The van der Waals surface area contributed by atoms with Gasteiger partial charge in [-0.1, -0.05) is 36.4 Å². The molecule has 1 unspecified atom stereocenters. The number of nitrogens with one attached hydrogen (secondary N) is 2. The molecular formula is C20H24N4O3. The Kier molecular flexibility index (Phi) is 6.03. The van der Waals surface area contributed by atoms with Gasteiger partial charge in [-0.15, -0.1) is 0 Å². The topological polar surface area (TPSA) is 105 Å². The number of hydrogen-bond donors (Lipinski definition) is 3. The minimum atomic E-state index is -0.529. The van der Waals surface area contributed by atoms with Gasteiger partial charge in [-0.3, -0.25) is 19.3 Å². The third-order valence-corrected chi connectivity index (χ3v) is 4.71. The van der Waals surface area contributed by atoms with Crippen LogP contribution < -0.4 is 16.4 Å². The van der Waals surface area contributed by atoms with Crippen LogP contribution in [0.15, 0.2) is 42.5 Å². The Balaban J connectivity index is 1.66. The highest BCUT2D eigenvalue weighted by Gasteiger charge is 2.31. The zero-order chi connectivity index (χ0) is 19.2. The fraction of sp³-hybridized carbons (Fsp3) is 0.350. The maximum Gasteiger partial charge on any atom is 0.237 e. The summed E-state index contributed by atoms with van der Waals surface area (Å²) in [5.41, 5.74) is 6.17. The third kappa shape index (κ3) is 5.04. The van der Waals surface area contributed by atoms with Gasteiger partial charge in [-0.2, -0.15) is 0 Å². The van der Waals surface area contributed by atoms with E-state index in [9.17, 15) is 14.4 Å². The smallest absolute Gasteiger partial charge is 0.237 e. The zero-order valence-electron chi connectivity index (χ0n) is 15.1. The van der Waals surface area contributed by atoms with E-state index in [-0.39, 0.29) is 31.2 Å². The summed E-state index contributed by atoms with van der Waals surface area (Å²) in [6.07, 6.45) is 0.140. The quantitative estimate of drug-likeness (QED) is 0.663. The Morgan fingerprint density at radius 2 is 1.96 bits per heavy atom. The fourth-order valence-corrected chi connectivity index (χ4v) is 3.32. The number of carbonyl (C=O) groups is 3. The first-order chi connectivity index (χ1) is 13.0. The molecule has 0 bridgehead atoms. The maximum absolute atomic E-state index is 12.3. The van der Waals surface area contributed by atoms with Gasteiger partial charge in [0, 0.05) is 32.6 Å². The number of amides is 3. The molecule has 0 radical (unpaired) electrons. The lowest BCUT2D eigenvalue weighted by molar-refractivity contribution is -0.134. The second kappa shape index (κ2) is 8.64. The van der Waals surface area contributed by atoms with Crippen molar-refractivity contribution in [2.45, 2.75) is 25.4 Å². The molecule has 1 heterocycles. The molecule has 7 nitrogen and oxygen atoms in total. The van der Waals surface area contributed by atoms with Crippen molar-refractivity contribution in [3.63, 3.8) is 0 Å². The molecule has 1 fully saturated rings. The van der Waals surface area contributed by atoms with Gasteiger partial charge in [-0.25, -0.2) is 0 Å². The molecule has 4 N–H and O–H groups in total. The number of piperazine rings is 1. The Labute approximate surface area is 157 Å². The molecule has 2 aromatic carbocycles. The van der Waals surface area contributed by atoms with E-state index in [1.165, 1.54) is 5.39 Å². The summed E-state index contributed by atoms with van der Waals surface area (Å²) in [7, 11) is 0. The lowest BCUT2D eigenvalue weighted by atomic mass is 10.0. The number of rotatable bonds is 7. The van der Waals surface area contributed by atoms with Gasteiger partial charge in [0.15, 0.2) is 0 Å². The Morgan fingerprint density at radius 3 is 2.74 bits per heavy atom.